The van der Waals surface area contributed by atoms with Crippen LogP contribution in [0.5, 0.6) is 0 Å². The number of carbonyl (C=O) groups excluding carboxylic acids is 1. The van der Waals surface area contributed by atoms with Crippen molar-refractivity contribution in [3.05, 3.63) is 34.9 Å². The molecule has 0 atom stereocenters. The predicted octanol–water partition coefficient (Wildman–Crippen LogP) is 3.39. The number of hydrogen-bond acceptors (Lipinski definition) is 3. The molecule has 1 aromatic carbocycles. The Morgan fingerprint density at radius 2 is 2.25 bits per heavy atom. The molecule has 0 spiro atoms. The third kappa shape index (κ3) is 5.24. The summed E-state index contributed by atoms with van der Waals surface area (Å²) >= 11 is 7.63. The van der Waals surface area contributed by atoms with Crippen molar-refractivity contribution in [2.24, 2.45) is 0 Å². The Hall–Kier alpha value is -0.930. The molecule has 0 N–H and O–H groups in total. The van der Waals surface area contributed by atoms with Crippen LogP contribution in [0.2, 0.25) is 5.02 Å². The van der Waals surface area contributed by atoms with E-state index in [9.17, 15) is 4.79 Å². The van der Waals surface area contributed by atoms with E-state index in [4.69, 9.17) is 16.3 Å². The zero-order valence-electron chi connectivity index (χ0n) is 8.20. The van der Waals surface area contributed by atoms with Gasteiger partial charge in [-0.1, -0.05) is 29.7 Å². The van der Waals surface area contributed by atoms with Crippen LogP contribution < -0.4 is 0 Å². The minimum atomic E-state index is -0.737. The van der Waals surface area contributed by atoms with Crippen LogP contribution in [0.1, 0.15) is 5.56 Å². The molecule has 16 heavy (non-hydrogen) atoms. The third-order valence-corrected chi connectivity index (χ3v) is 2.19. The minimum absolute atomic E-state index is 0.0390. The molecule has 0 aliphatic heterocycles. The average Bonchev–Trinajstić information content (AvgIpc) is 2.27. The standard InChI is InChI=1S/C11H8ClIO3/c12-10-4-1-3-9(7-10)8-16-11(14)15-6-2-5-13/h1,3-4,7H,6,8H2. The van der Waals surface area contributed by atoms with Crippen LogP contribution in [0.25, 0.3) is 0 Å². The second-order valence-corrected chi connectivity index (χ2v) is 3.70. The second kappa shape index (κ2) is 7.36. The van der Waals surface area contributed by atoms with Gasteiger partial charge in [-0.2, -0.15) is 0 Å². The largest absolute Gasteiger partial charge is 0.509 e. The van der Waals surface area contributed by atoms with Gasteiger partial charge in [0.25, 0.3) is 0 Å². The van der Waals surface area contributed by atoms with Crippen LogP contribution >= 0.6 is 34.2 Å². The molecule has 1 aromatic rings. The minimum Gasteiger partial charge on any atom is -0.429 e. The highest BCUT2D eigenvalue weighted by Crippen LogP contribution is 2.11. The predicted molar refractivity (Wildman–Crippen MR) is 69.4 cm³/mol. The van der Waals surface area contributed by atoms with E-state index in [0.717, 1.165) is 5.56 Å². The molecule has 0 bridgehead atoms. The summed E-state index contributed by atoms with van der Waals surface area (Å²) in [6, 6.07) is 7.07. The van der Waals surface area contributed by atoms with Gasteiger partial charge in [-0.3, -0.25) is 0 Å². The van der Waals surface area contributed by atoms with Gasteiger partial charge in [-0.05, 0) is 21.6 Å². The van der Waals surface area contributed by atoms with Crippen molar-refractivity contribution in [2.45, 2.75) is 6.61 Å². The van der Waals surface area contributed by atoms with Crippen LogP contribution in [0, 0.1) is 9.85 Å². The lowest BCUT2D eigenvalue weighted by molar-refractivity contribution is 0.0589. The molecule has 0 fully saturated rings. The van der Waals surface area contributed by atoms with Crippen molar-refractivity contribution < 1.29 is 14.3 Å². The number of benzene rings is 1. The Labute approximate surface area is 112 Å². The van der Waals surface area contributed by atoms with E-state index < -0.39 is 6.16 Å². The molecule has 0 aliphatic carbocycles. The smallest absolute Gasteiger partial charge is 0.429 e. The zero-order chi connectivity index (χ0) is 11.8. The van der Waals surface area contributed by atoms with Gasteiger partial charge in [0.2, 0.25) is 0 Å². The molecular formula is C11H8ClIO3. The second-order valence-electron chi connectivity index (χ2n) is 2.73. The highest BCUT2D eigenvalue weighted by molar-refractivity contribution is 14.1. The van der Waals surface area contributed by atoms with Crippen molar-refractivity contribution in [3.63, 3.8) is 0 Å². The lowest BCUT2D eigenvalue weighted by Crippen LogP contribution is -2.07. The van der Waals surface area contributed by atoms with E-state index in [-0.39, 0.29) is 13.2 Å². The first-order chi connectivity index (χ1) is 7.72. The Morgan fingerprint density at radius 1 is 1.44 bits per heavy atom. The van der Waals surface area contributed by atoms with Crippen LogP contribution in [-0.2, 0) is 16.1 Å². The molecule has 0 radical (unpaired) electrons. The molecule has 3 nitrogen and oxygen atoms in total. The first-order valence-corrected chi connectivity index (χ1v) is 5.80. The van der Waals surface area contributed by atoms with Crippen molar-refractivity contribution in [2.75, 3.05) is 6.61 Å². The van der Waals surface area contributed by atoms with E-state index in [1.807, 2.05) is 28.7 Å². The molecule has 5 heteroatoms. The Bertz CT molecular complexity index is 423. The molecule has 0 saturated heterocycles. The van der Waals surface area contributed by atoms with Crippen LogP contribution in [-0.4, -0.2) is 12.8 Å². The van der Waals surface area contributed by atoms with E-state index in [1.54, 1.807) is 18.2 Å². The van der Waals surface area contributed by atoms with E-state index >= 15 is 0 Å². The molecule has 0 saturated carbocycles. The molecular weight excluding hydrogens is 342 g/mol. The quantitative estimate of drug-likeness (QED) is 0.476. The number of hydrogen-bond donors (Lipinski definition) is 0. The molecule has 1 rings (SSSR count). The normalized spacial score (nSPS) is 8.88. The molecule has 0 aromatic heterocycles. The number of rotatable bonds is 3. The highest BCUT2D eigenvalue weighted by atomic mass is 127. The maximum Gasteiger partial charge on any atom is 0.509 e. The fourth-order valence-electron chi connectivity index (χ4n) is 0.933. The summed E-state index contributed by atoms with van der Waals surface area (Å²) in [5.74, 6) is 2.58. The van der Waals surface area contributed by atoms with Gasteiger partial charge in [0, 0.05) is 27.6 Å². The maximum atomic E-state index is 11.0. The maximum absolute atomic E-state index is 11.0. The van der Waals surface area contributed by atoms with Crippen molar-refractivity contribution in [3.8, 4) is 9.85 Å². The fourth-order valence-corrected chi connectivity index (χ4v) is 1.30. The molecule has 0 heterocycles. The summed E-state index contributed by atoms with van der Waals surface area (Å²) in [6.45, 7) is 0.175. The van der Waals surface area contributed by atoms with Gasteiger partial charge >= 0.3 is 6.16 Å². The third-order valence-electron chi connectivity index (χ3n) is 1.57. The fraction of sp³-hybridized carbons (Fsp3) is 0.182. The SMILES string of the molecule is O=C(OCC#CI)OCc1cccc(Cl)c1. The highest BCUT2D eigenvalue weighted by Gasteiger charge is 2.03. The summed E-state index contributed by atoms with van der Waals surface area (Å²) < 4.78 is 12.1. The lowest BCUT2D eigenvalue weighted by atomic mass is 10.2. The van der Waals surface area contributed by atoms with Crippen molar-refractivity contribution >= 4 is 40.3 Å². The Kier molecular flexibility index (Phi) is 6.04. The number of halogens is 2. The van der Waals surface area contributed by atoms with Gasteiger partial charge in [0.1, 0.15) is 6.61 Å². The summed E-state index contributed by atoms with van der Waals surface area (Å²) in [5, 5.41) is 0.602. The van der Waals surface area contributed by atoms with Crippen molar-refractivity contribution in [1.29, 1.82) is 0 Å². The van der Waals surface area contributed by atoms with Gasteiger partial charge in [0.15, 0.2) is 6.61 Å². The van der Waals surface area contributed by atoms with Crippen LogP contribution in [0.15, 0.2) is 24.3 Å². The Morgan fingerprint density at radius 3 is 2.94 bits per heavy atom. The van der Waals surface area contributed by atoms with Gasteiger partial charge in [-0.15, -0.1) is 0 Å². The average molecular weight is 351 g/mol. The van der Waals surface area contributed by atoms with E-state index in [2.05, 4.69) is 14.6 Å². The van der Waals surface area contributed by atoms with Crippen LogP contribution in [0.4, 0.5) is 4.79 Å². The molecule has 84 valence electrons. The Balaban J connectivity index is 2.33. The van der Waals surface area contributed by atoms with Crippen molar-refractivity contribution in [1.82, 2.24) is 0 Å². The van der Waals surface area contributed by atoms with Gasteiger partial charge in [0.05, 0.1) is 0 Å². The molecule has 0 amide bonds. The first kappa shape index (κ1) is 13.1. The zero-order valence-corrected chi connectivity index (χ0v) is 11.1. The van der Waals surface area contributed by atoms with E-state index in [0.29, 0.717) is 5.02 Å². The van der Waals surface area contributed by atoms with E-state index in [1.165, 1.54) is 0 Å². The summed E-state index contributed by atoms with van der Waals surface area (Å²) in [5.41, 5.74) is 0.810. The topological polar surface area (TPSA) is 35.5 Å². The van der Waals surface area contributed by atoms with Gasteiger partial charge in [-0.25, -0.2) is 4.79 Å². The first-order valence-electron chi connectivity index (χ1n) is 4.35. The molecule has 0 aliphatic rings. The number of ether oxygens (including phenoxy) is 2. The van der Waals surface area contributed by atoms with Crippen LogP contribution in [0.3, 0.4) is 0 Å². The molecule has 0 unspecified atom stereocenters. The summed E-state index contributed by atoms with van der Waals surface area (Å²) in [4.78, 5) is 11.0. The van der Waals surface area contributed by atoms with Gasteiger partial charge < -0.3 is 9.47 Å². The number of carbonyl (C=O) groups is 1. The summed E-state index contributed by atoms with van der Waals surface area (Å²) in [6.07, 6.45) is -0.737. The lowest BCUT2D eigenvalue weighted by Gasteiger charge is -2.04. The summed E-state index contributed by atoms with van der Waals surface area (Å²) in [7, 11) is 0. The monoisotopic (exact) mass is 350 g/mol.